The number of piperazine rings is 1. The lowest BCUT2D eigenvalue weighted by molar-refractivity contribution is -0.306. The van der Waals surface area contributed by atoms with Gasteiger partial charge in [0.1, 0.15) is 0 Å². The second-order valence-corrected chi connectivity index (χ2v) is 5.33. The van der Waals surface area contributed by atoms with Gasteiger partial charge in [-0.15, -0.1) is 0 Å². The number of carboxylic acids is 1. The minimum atomic E-state index is -0.925. The fraction of sp³-hybridized carbons (Fsp3) is 0.923. The summed E-state index contributed by atoms with van der Waals surface area (Å²) in [6.07, 6.45) is 6.85. The maximum absolute atomic E-state index is 10.6. The van der Waals surface area contributed by atoms with E-state index in [-0.39, 0.29) is 6.42 Å². The van der Waals surface area contributed by atoms with Gasteiger partial charge >= 0.3 is 0 Å². The predicted octanol–water partition coefficient (Wildman–Crippen LogP) is -0.0195. The molecule has 1 N–H and O–H groups in total. The van der Waals surface area contributed by atoms with Crippen molar-refractivity contribution in [3.05, 3.63) is 0 Å². The Morgan fingerprint density at radius 2 is 2.06 bits per heavy atom. The van der Waals surface area contributed by atoms with Crippen molar-refractivity contribution in [1.29, 1.82) is 0 Å². The average molecular weight is 239 g/mol. The molecular weight excluding hydrogens is 216 g/mol. The Morgan fingerprint density at radius 3 is 2.76 bits per heavy atom. The monoisotopic (exact) mass is 239 g/mol. The standard InChI is InChI=1S/C13H24N2O2/c16-13(17)6-8-15-9-7-14-10-12(15)11-4-2-1-3-5-11/h11-12,14H,1-10H2,(H,16,17)/p-1. The van der Waals surface area contributed by atoms with Gasteiger partial charge in [-0.1, -0.05) is 19.3 Å². The summed E-state index contributed by atoms with van der Waals surface area (Å²) in [6.45, 7) is 3.65. The van der Waals surface area contributed by atoms with Crippen molar-refractivity contribution in [3.8, 4) is 0 Å². The van der Waals surface area contributed by atoms with E-state index in [0.29, 0.717) is 12.6 Å². The van der Waals surface area contributed by atoms with Gasteiger partial charge in [0, 0.05) is 38.2 Å². The minimum Gasteiger partial charge on any atom is -0.550 e. The lowest BCUT2D eigenvalue weighted by atomic mass is 9.82. The lowest BCUT2D eigenvalue weighted by Gasteiger charge is -2.42. The van der Waals surface area contributed by atoms with Gasteiger partial charge in [0.15, 0.2) is 0 Å². The molecule has 17 heavy (non-hydrogen) atoms. The molecule has 0 radical (unpaired) electrons. The van der Waals surface area contributed by atoms with Crippen molar-refractivity contribution in [1.82, 2.24) is 10.2 Å². The first-order valence-corrected chi connectivity index (χ1v) is 6.92. The normalized spacial score (nSPS) is 28.1. The molecule has 1 atom stereocenters. The topological polar surface area (TPSA) is 55.4 Å². The van der Waals surface area contributed by atoms with Crippen LogP contribution in [-0.2, 0) is 4.79 Å². The van der Waals surface area contributed by atoms with Gasteiger partial charge in [0.05, 0.1) is 0 Å². The zero-order valence-corrected chi connectivity index (χ0v) is 10.5. The molecule has 1 saturated carbocycles. The molecule has 0 aromatic rings. The quantitative estimate of drug-likeness (QED) is 0.749. The van der Waals surface area contributed by atoms with Crippen molar-refractivity contribution in [2.75, 3.05) is 26.2 Å². The van der Waals surface area contributed by atoms with Crippen LogP contribution in [0.4, 0.5) is 0 Å². The summed E-state index contributed by atoms with van der Waals surface area (Å²) >= 11 is 0. The van der Waals surface area contributed by atoms with Crippen LogP contribution < -0.4 is 10.4 Å². The van der Waals surface area contributed by atoms with Gasteiger partial charge < -0.3 is 15.2 Å². The van der Waals surface area contributed by atoms with Crippen molar-refractivity contribution < 1.29 is 9.90 Å². The molecule has 2 fully saturated rings. The lowest BCUT2D eigenvalue weighted by Crippen LogP contribution is -2.55. The number of nitrogens with one attached hydrogen (secondary N) is 1. The van der Waals surface area contributed by atoms with Gasteiger partial charge in [-0.2, -0.15) is 0 Å². The summed E-state index contributed by atoms with van der Waals surface area (Å²) in [6, 6.07) is 0.545. The van der Waals surface area contributed by atoms with Crippen molar-refractivity contribution in [3.63, 3.8) is 0 Å². The molecule has 4 nitrogen and oxygen atoms in total. The van der Waals surface area contributed by atoms with E-state index in [1.807, 2.05) is 0 Å². The molecule has 1 saturated heterocycles. The summed E-state index contributed by atoms with van der Waals surface area (Å²) in [7, 11) is 0. The molecule has 0 bridgehead atoms. The minimum absolute atomic E-state index is 0.170. The average Bonchev–Trinajstić information content (AvgIpc) is 2.38. The Kier molecular flexibility index (Phi) is 4.80. The van der Waals surface area contributed by atoms with Gasteiger partial charge in [-0.3, -0.25) is 4.90 Å². The van der Waals surface area contributed by atoms with E-state index in [1.165, 1.54) is 32.1 Å². The Hall–Kier alpha value is -0.610. The van der Waals surface area contributed by atoms with Crippen LogP contribution in [-0.4, -0.2) is 43.1 Å². The van der Waals surface area contributed by atoms with Crippen LogP contribution >= 0.6 is 0 Å². The Morgan fingerprint density at radius 1 is 1.29 bits per heavy atom. The first-order valence-electron chi connectivity index (χ1n) is 6.92. The number of rotatable bonds is 4. The van der Waals surface area contributed by atoms with Gasteiger partial charge in [0.25, 0.3) is 0 Å². The first-order chi connectivity index (χ1) is 8.27. The summed E-state index contributed by atoms with van der Waals surface area (Å²) < 4.78 is 0. The number of hydrogen-bond donors (Lipinski definition) is 1. The van der Waals surface area contributed by atoms with Crippen LogP contribution in [0.15, 0.2) is 0 Å². The van der Waals surface area contributed by atoms with E-state index in [9.17, 15) is 9.90 Å². The Balaban J connectivity index is 1.88. The van der Waals surface area contributed by atoms with Crippen LogP contribution in [0, 0.1) is 5.92 Å². The van der Waals surface area contributed by atoms with Gasteiger partial charge in [-0.05, 0) is 25.2 Å². The van der Waals surface area contributed by atoms with E-state index in [1.54, 1.807) is 0 Å². The molecule has 0 amide bonds. The molecule has 4 heteroatoms. The SMILES string of the molecule is O=C([O-])CCN1CCNCC1C1CCCCC1. The smallest absolute Gasteiger partial charge is 0.0427 e. The fourth-order valence-corrected chi connectivity index (χ4v) is 3.26. The molecule has 0 aromatic heterocycles. The maximum Gasteiger partial charge on any atom is 0.0427 e. The molecule has 0 spiro atoms. The van der Waals surface area contributed by atoms with Gasteiger partial charge in [0.2, 0.25) is 0 Å². The number of carboxylic acid groups (broad SMARTS) is 1. The Bertz CT molecular complexity index is 252. The van der Waals surface area contributed by atoms with Crippen LogP contribution in [0.2, 0.25) is 0 Å². The predicted molar refractivity (Wildman–Crippen MR) is 64.4 cm³/mol. The maximum atomic E-state index is 10.6. The molecular formula is C13H23N2O2-. The molecule has 98 valence electrons. The molecule has 2 aliphatic rings. The zero-order valence-electron chi connectivity index (χ0n) is 10.5. The molecule has 1 unspecified atom stereocenters. The number of aliphatic carboxylic acids is 1. The second kappa shape index (κ2) is 6.36. The number of nitrogens with zero attached hydrogens (tertiary/aromatic N) is 1. The Labute approximate surface area is 103 Å². The number of carbonyl (C=O) groups is 1. The van der Waals surface area contributed by atoms with E-state index >= 15 is 0 Å². The summed E-state index contributed by atoms with van der Waals surface area (Å²) in [5.41, 5.74) is 0. The van der Waals surface area contributed by atoms with E-state index in [4.69, 9.17) is 0 Å². The second-order valence-electron chi connectivity index (χ2n) is 5.33. The third-order valence-electron chi connectivity index (χ3n) is 4.20. The molecule has 1 aliphatic heterocycles. The third-order valence-corrected chi connectivity index (χ3v) is 4.20. The highest BCUT2D eigenvalue weighted by atomic mass is 16.4. The fourth-order valence-electron chi connectivity index (χ4n) is 3.26. The summed E-state index contributed by atoms with van der Waals surface area (Å²) in [5, 5.41) is 14.0. The van der Waals surface area contributed by atoms with Crippen molar-refractivity contribution >= 4 is 5.97 Å². The zero-order chi connectivity index (χ0) is 12.1. The number of carbonyl (C=O) groups excluding carboxylic acids is 1. The molecule has 1 heterocycles. The van der Waals surface area contributed by atoms with E-state index in [2.05, 4.69) is 10.2 Å². The van der Waals surface area contributed by atoms with Gasteiger partial charge in [-0.25, -0.2) is 0 Å². The van der Waals surface area contributed by atoms with Crippen LogP contribution in [0.1, 0.15) is 38.5 Å². The molecule has 1 aliphatic carbocycles. The summed E-state index contributed by atoms with van der Waals surface area (Å²) in [5.74, 6) is -0.163. The summed E-state index contributed by atoms with van der Waals surface area (Å²) in [4.78, 5) is 12.9. The van der Waals surface area contributed by atoms with Crippen molar-refractivity contribution in [2.45, 2.75) is 44.6 Å². The van der Waals surface area contributed by atoms with E-state index in [0.717, 1.165) is 25.6 Å². The first kappa shape index (κ1) is 12.8. The number of hydrogen-bond acceptors (Lipinski definition) is 4. The molecule has 2 rings (SSSR count). The van der Waals surface area contributed by atoms with E-state index < -0.39 is 5.97 Å². The highest BCUT2D eigenvalue weighted by molar-refractivity contribution is 5.64. The highest BCUT2D eigenvalue weighted by Crippen LogP contribution is 2.29. The molecule has 0 aromatic carbocycles. The third kappa shape index (κ3) is 3.68. The van der Waals surface area contributed by atoms with Crippen LogP contribution in [0.3, 0.4) is 0 Å². The van der Waals surface area contributed by atoms with Crippen molar-refractivity contribution in [2.24, 2.45) is 5.92 Å². The highest BCUT2D eigenvalue weighted by Gasteiger charge is 2.30. The van der Waals surface area contributed by atoms with Crippen LogP contribution in [0.5, 0.6) is 0 Å². The van der Waals surface area contributed by atoms with Crippen LogP contribution in [0.25, 0.3) is 0 Å². The largest absolute Gasteiger partial charge is 0.550 e.